The fourth-order valence-corrected chi connectivity index (χ4v) is 11.2. The largest absolute Gasteiger partial charge is 0.135 e. The van der Waals surface area contributed by atoms with E-state index in [9.17, 15) is 0 Å². The van der Waals surface area contributed by atoms with Crippen LogP contribution in [-0.4, -0.2) is 0 Å². The SMILES string of the molecule is c1ccc(-c2cc3ccccc3cc2-c2ccc3c(c2)c(-c2ccc4ccccc4c2)c(-c2ccc4ccccc4c2)c2cc(-c4ccc5sc6ccccc6c5c4)ccc23)cc1. The number of hydrogen-bond donors (Lipinski definition) is 0. The number of hydrogen-bond acceptors (Lipinski definition) is 1. The Balaban J connectivity index is 1.15. The molecule has 0 fully saturated rings. The molecule has 0 N–H and O–H groups in total. The second-order valence-corrected chi connectivity index (χ2v) is 17.9. The molecule has 12 aromatic carbocycles. The Morgan fingerprint density at radius 2 is 0.635 bits per heavy atom. The summed E-state index contributed by atoms with van der Waals surface area (Å²) in [6.45, 7) is 0. The molecule has 0 aliphatic rings. The molecule has 0 saturated carbocycles. The van der Waals surface area contributed by atoms with E-state index >= 15 is 0 Å². The van der Waals surface area contributed by atoms with E-state index in [4.69, 9.17) is 0 Å². The summed E-state index contributed by atoms with van der Waals surface area (Å²) in [4.78, 5) is 0. The van der Waals surface area contributed by atoms with Crippen LogP contribution in [0.5, 0.6) is 0 Å². The van der Waals surface area contributed by atoms with Crippen LogP contribution in [-0.2, 0) is 0 Å². The summed E-state index contributed by atoms with van der Waals surface area (Å²) < 4.78 is 2.65. The summed E-state index contributed by atoms with van der Waals surface area (Å²) in [6, 6.07) is 86.1. The van der Waals surface area contributed by atoms with Crippen molar-refractivity contribution in [2.45, 2.75) is 0 Å². The van der Waals surface area contributed by atoms with Gasteiger partial charge < -0.3 is 0 Å². The highest BCUT2D eigenvalue weighted by atomic mass is 32.1. The molecule has 0 amide bonds. The monoisotopic (exact) mass is 814 g/mol. The topological polar surface area (TPSA) is 0 Å². The summed E-state index contributed by atoms with van der Waals surface area (Å²) in [5.74, 6) is 0. The van der Waals surface area contributed by atoms with Crippen LogP contribution in [0.3, 0.4) is 0 Å². The van der Waals surface area contributed by atoms with Gasteiger partial charge in [0.1, 0.15) is 0 Å². The zero-order valence-electron chi connectivity index (χ0n) is 34.3. The van der Waals surface area contributed by atoms with Crippen molar-refractivity contribution in [2.75, 3.05) is 0 Å². The lowest BCUT2D eigenvalue weighted by Crippen LogP contribution is -1.94. The molecule has 63 heavy (non-hydrogen) atoms. The van der Waals surface area contributed by atoms with E-state index in [1.54, 1.807) is 0 Å². The fourth-order valence-electron chi connectivity index (χ4n) is 10.1. The maximum Gasteiger partial charge on any atom is 0.0355 e. The molecular weight excluding hydrogens is 777 g/mol. The van der Waals surface area contributed by atoms with Gasteiger partial charge in [-0.25, -0.2) is 0 Å². The molecule has 0 atom stereocenters. The van der Waals surface area contributed by atoms with E-state index in [0.29, 0.717) is 0 Å². The smallest absolute Gasteiger partial charge is 0.0355 e. The molecule has 0 radical (unpaired) electrons. The zero-order chi connectivity index (χ0) is 41.4. The first-order valence-electron chi connectivity index (χ1n) is 21.7. The average Bonchev–Trinajstić information content (AvgIpc) is 3.73. The van der Waals surface area contributed by atoms with Crippen molar-refractivity contribution in [3.63, 3.8) is 0 Å². The maximum absolute atomic E-state index is 2.48. The second-order valence-electron chi connectivity index (χ2n) is 16.8. The molecule has 0 bridgehead atoms. The molecule has 0 aliphatic carbocycles. The van der Waals surface area contributed by atoms with Gasteiger partial charge in [0, 0.05) is 20.2 Å². The van der Waals surface area contributed by atoms with E-state index in [0.717, 1.165) is 0 Å². The van der Waals surface area contributed by atoms with Gasteiger partial charge in [0.2, 0.25) is 0 Å². The first-order valence-corrected chi connectivity index (χ1v) is 22.5. The van der Waals surface area contributed by atoms with Crippen molar-refractivity contribution in [1.29, 1.82) is 0 Å². The van der Waals surface area contributed by atoms with Gasteiger partial charge in [-0.3, -0.25) is 0 Å². The Morgan fingerprint density at radius 1 is 0.206 bits per heavy atom. The normalized spacial score (nSPS) is 11.8. The second kappa shape index (κ2) is 14.4. The van der Waals surface area contributed by atoms with Crippen molar-refractivity contribution in [2.24, 2.45) is 0 Å². The molecule has 13 aromatic rings. The minimum Gasteiger partial charge on any atom is -0.135 e. The van der Waals surface area contributed by atoms with Crippen molar-refractivity contribution in [3.8, 4) is 55.6 Å². The molecule has 0 aliphatic heterocycles. The Hall–Kier alpha value is -7.84. The van der Waals surface area contributed by atoms with Crippen LogP contribution in [0.2, 0.25) is 0 Å². The van der Waals surface area contributed by atoms with Crippen molar-refractivity contribution < 1.29 is 0 Å². The van der Waals surface area contributed by atoms with Crippen LogP contribution >= 0.6 is 11.3 Å². The predicted octanol–water partition coefficient (Wildman–Crippen LogP) is 18.2. The van der Waals surface area contributed by atoms with Crippen LogP contribution in [0, 0.1) is 0 Å². The minimum atomic E-state index is 1.20. The third kappa shape index (κ3) is 5.97. The van der Waals surface area contributed by atoms with Crippen LogP contribution in [0.25, 0.3) is 130 Å². The van der Waals surface area contributed by atoms with E-state index in [2.05, 4.69) is 231 Å². The van der Waals surface area contributed by atoms with Gasteiger partial charge in [-0.15, -0.1) is 11.3 Å². The van der Waals surface area contributed by atoms with Gasteiger partial charge in [-0.1, -0.05) is 176 Å². The standard InChI is InChI=1S/C62H38S/c1-2-14-41(15-3-1)54-34-44-18-8-9-19-45(44)35-55(54)48-27-30-52-51-29-26-46(47-28-31-60-56(36-47)53-20-10-11-21-59(53)63-60)37-57(51)61(49-24-22-39-12-4-6-16-42(39)32-49)62(58(52)38-48)50-25-23-40-13-5-7-17-43(40)33-50/h1-38H. The maximum atomic E-state index is 2.48. The zero-order valence-corrected chi connectivity index (χ0v) is 35.2. The molecule has 292 valence electrons. The first kappa shape index (κ1) is 35.9. The van der Waals surface area contributed by atoms with Crippen molar-refractivity contribution in [3.05, 3.63) is 231 Å². The average molecular weight is 815 g/mol. The van der Waals surface area contributed by atoms with Gasteiger partial charge in [0.05, 0.1) is 0 Å². The molecule has 1 heteroatoms. The van der Waals surface area contributed by atoms with Crippen LogP contribution in [0.4, 0.5) is 0 Å². The molecular formula is C62H38S. The molecule has 13 rings (SSSR count). The summed E-state index contributed by atoms with van der Waals surface area (Å²) >= 11 is 1.87. The van der Waals surface area contributed by atoms with E-state index in [-0.39, 0.29) is 0 Å². The molecule has 0 saturated heterocycles. The van der Waals surface area contributed by atoms with Crippen LogP contribution < -0.4 is 0 Å². The van der Waals surface area contributed by atoms with Gasteiger partial charge in [-0.2, -0.15) is 0 Å². The summed E-state index contributed by atoms with van der Waals surface area (Å²) in [7, 11) is 0. The number of thiophene rings is 1. The summed E-state index contributed by atoms with van der Waals surface area (Å²) in [5, 5.41) is 15.0. The molecule has 0 nitrogen and oxygen atoms in total. The fraction of sp³-hybridized carbons (Fsp3) is 0. The van der Waals surface area contributed by atoms with E-state index in [1.165, 1.54) is 130 Å². The highest BCUT2D eigenvalue weighted by molar-refractivity contribution is 7.25. The Labute approximate surface area is 369 Å². The van der Waals surface area contributed by atoms with Crippen molar-refractivity contribution in [1.82, 2.24) is 0 Å². The Kier molecular flexibility index (Phi) is 8.19. The van der Waals surface area contributed by atoms with Crippen LogP contribution in [0.1, 0.15) is 0 Å². The van der Waals surface area contributed by atoms with Gasteiger partial charge >= 0.3 is 0 Å². The lowest BCUT2D eigenvalue weighted by atomic mass is 9.82. The molecule has 1 heterocycles. The quantitative estimate of drug-likeness (QED) is 0.152. The molecule has 1 aromatic heterocycles. The highest BCUT2D eigenvalue weighted by Gasteiger charge is 2.21. The van der Waals surface area contributed by atoms with Gasteiger partial charge in [0.15, 0.2) is 0 Å². The number of benzene rings is 12. The molecule has 0 spiro atoms. The Bertz CT molecular complexity index is 3960. The lowest BCUT2D eigenvalue weighted by Gasteiger charge is -2.21. The van der Waals surface area contributed by atoms with Gasteiger partial charge in [-0.05, 0) is 164 Å². The summed E-state index contributed by atoms with van der Waals surface area (Å²) in [6.07, 6.45) is 0. The Morgan fingerprint density at radius 3 is 1.25 bits per heavy atom. The third-order valence-corrected chi connectivity index (χ3v) is 14.3. The van der Waals surface area contributed by atoms with Crippen LogP contribution in [0.15, 0.2) is 231 Å². The van der Waals surface area contributed by atoms with E-state index < -0.39 is 0 Å². The summed E-state index contributed by atoms with van der Waals surface area (Å²) in [5.41, 5.74) is 12.2. The van der Waals surface area contributed by atoms with Crippen molar-refractivity contribution >= 4 is 85.4 Å². The highest BCUT2D eigenvalue weighted by Crippen LogP contribution is 2.49. The van der Waals surface area contributed by atoms with E-state index in [1.807, 2.05) is 11.3 Å². The van der Waals surface area contributed by atoms with Gasteiger partial charge in [0.25, 0.3) is 0 Å². The lowest BCUT2D eigenvalue weighted by molar-refractivity contribution is 1.61. The molecule has 0 unspecified atom stereocenters. The number of fused-ring (bicyclic) bond motifs is 9. The predicted molar refractivity (Wildman–Crippen MR) is 274 cm³/mol. The minimum absolute atomic E-state index is 1.20. The first-order chi connectivity index (χ1) is 31.2. The third-order valence-electron chi connectivity index (χ3n) is 13.2. The number of rotatable bonds is 5.